The fourth-order valence-electron chi connectivity index (χ4n) is 3.08. The van der Waals surface area contributed by atoms with E-state index in [9.17, 15) is 23.1 Å². The molecule has 0 aliphatic carbocycles. The van der Waals surface area contributed by atoms with Crippen LogP contribution in [0.3, 0.4) is 0 Å². The number of carbonyl (C=O) groups is 1. The number of anilines is 3. The molecular weight excluding hydrogens is 429 g/mol. The van der Waals surface area contributed by atoms with Crippen molar-refractivity contribution in [1.29, 1.82) is 0 Å². The van der Waals surface area contributed by atoms with Crippen LogP contribution >= 0.6 is 11.5 Å². The zero-order valence-corrected chi connectivity index (χ0v) is 19.4. The van der Waals surface area contributed by atoms with Crippen molar-refractivity contribution in [2.75, 3.05) is 23.3 Å². The second-order valence-electron chi connectivity index (χ2n) is 8.90. The third-order valence-corrected chi connectivity index (χ3v) is 5.32. The van der Waals surface area contributed by atoms with Gasteiger partial charge in [0.2, 0.25) is 11.0 Å². The maximum Gasteiger partial charge on any atom is 0.452 e. The molecule has 2 aromatic rings. The number of carboxylic acid groups (broad SMARTS) is 1. The molecule has 0 atom stereocenters. The van der Waals surface area contributed by atoms with Crippen molar-refractivity contribution in [3.63, 3.8) is 0 Å². The summed E-state index contributed by atoms with van der Waals surface area (Å²) < 4.78 is 42.2. The molecule has 0 spiro atoms. The molecule has 0 aliphatic rings. The normalized spacial score (nSPS) is 12.5. The molecule has 2 N–H and O–H groups in total. The van der Waals surface area contributed by atoms with Gasteiger partial charge < -0.3 is 15.3 Å². The maximum absolute atomic E-state index is 12.9. The Bertz CT molecular complexity index is 900. The SMILES string of the molecule is CC(C)CN(CC(C)C)c1ccc(C(C)(C)C(=O)O)cc1Nc1nc(C(F)(F)F)ns1. The number of alkyl halides is 3. The first-order valence-electron chi connectivity index (χ1n) is 10.0. The van der Waals surface area contributed by atoms with Gasteiger partial charge in [-0.05, 0) is 43.4 Å². The van der Waals surface area contributed by atoms with E-state index in [1.54, 1.807) is 26.0 Å². The standard InChI is InChI=1S/C21H29F3N4O2S/c1-12(2)10-28(11-13(3)4)16-8-7-14(20(5,6)18(29)30)9-15(16)25-19-26-17(27-31-19)21(22,23)24/h7-9,12-13H,10-11H2,1-6H3,(H,29,30)(H,25,26,27). The van der Waals surface area contributed by atoms with E-state index in [1.807, 2.05) is 6.07 Å². The minimum absolute atomic E-state index is 0.00657. The summed E-state index contributed by atoms with van der Waals surface area (Å²) in [7, 11) is 0. The number of carboxylic acids is 1. The molecule has 1 heterocycles. The van der Waals surface area contributed by atoms with Crippen LogP contribution in [0.1, 0.15) is 52.9 Å². The Morgan fingerprint density at radius 1 is 1.16 bits per heavy atom. The summed E-state index contributed by atoms with van der Waals surface area (Å²) in [5.41, 5.74) is 0.628. The third-order valence-electron chi connectivity index (χ3n) is 4.69. The van der Waals surface area contributed by atoms with Crippen LogP contribution in [0.2, 0.25) is 0 Å². The van der Waals surface area contributed by atoms with Crippen LogP contribution in [0, 0.1) is 11.8 Å². The second kappa shape index (κ2) is 9.42. The van der Waals surface area contributed by atoms with Gasteiger partial charge in [0.25, 0.3) is 0 Å². The number of hydrogen-bond donors (Lipinski definition) is 2. The molecule has 10 heteroatoms. The van der Waals surface area contributed by atoms with Crippen LogP contribution in [-0.2, 0) is 16.4 Å². The van der Waals surface area contributed by atoms with E-state index in [0.717, 1.165) is 18.8 Å². The van der Waals surface area contributed by atoms with Crippen molar-refractivity contribution in [3.05, 3.63) is 29.6 Å². The lowest BCUT2D eigenvalue weighted by Crippen LogP contribution is -2.32. The van der Waals surface area contributed by atoms with Gasteiger partial charge in [-0.15, -0.1) is 0 Å². The van der Waals surface area contributed by atoms with Crippen molar-refractivity contribution in [2.45, 2.75) is 53.1 Å². The van der Waals surface area contributed by atoms with Crippen LogP contribution in [-0.4, -0.2) is 33.5 Å². The number of nitrogens with zero attached hydrogens (tertiary/aromatic N) is 3. The first-order chi connectivity index (χ1) is 14.2. The Morgan fingerprint density at radius 2 is 1.74 bits per heavy atom. The summed E-state index contributed by atoms with van der Waals surface area (Å²) in [6.07, 6.45) is -4.63. The summed E-state index contributed by atoms with van der Waals surface area (Å²) >= 11 is 0.612. The van der Waals surface area contributed by atoms with E-state index in [1.165, 1.54) is 0 Å². The van der Waals surface area contributed by atoms with E-state index >= 15 is 0 Å². The number of rotatable bonds is 9. The molecule has 31 heavy (non-hydrogen) atoms. The van der Waals surface area contributed by atoms with Crippen molar-refractivity contribution < 1.29 is 23.1 Å². The lowest BCUT2D eigenvalue weighted by Gasteiger charge is -2.31. The zero-order chi connectivity index (χ0) is 23.6. The highest BCUT2D eigenvalue weighted by molar-refractivity contribution is 7.09. The Labute approximate surface area is 184 Å². The Morgan fingerprint density at radius 3 is 2.19 bits per heavy atom. The van der Waals surface area contributed by atoms with Gasteiger partial charge in [0.15, 0.2) is 0 Å². The largest absolute Gasteiger partial charge is 0.481 e. The first kappa shape index (κ1) is 24.9. The topological polar surface area (TPSA) is 78.4 Å². The van der Waals surface area contributed by atoms with Crippen LogP contribution in [0.5, 0.6) is 0 Å². The summed E-state index contributed by atoms with van der Waals surface area (Å²) in [6, 6.07) is 5.24. The molecule has 172 valence electrons. The van der Waals surface area contributed by atoms with Crippen molar-refractivity contribution in [1.82, 2.24) is 9.36 Å². The molecule has 0 unspecified atom stereocenters. The van der Waals surface area contributed by atoms with Gasteiger partial charge in [0, 0.05) is 24.6 Å². The molecule has 0 aliphatic heterocycles. The molecule has 1 aromatic heterocycles. The Hall–Kier alpha value is -2.36. The highest BCUT2D eigenvalue weighted by atomic mass is 32.1. The van der Waals surface area contributed by atoms with Gasteiger partial charge in [-0.3, -0.25) is 4.79 Å². The predicted molar refractivity (Wildman–Crippen MR) is 117 cm³/mol. The maximum atomic E-state index is 12.9. The average Bonchev–Trinajstić information content (AvgIpc) is 3.09. The number of aliphatic carboxylic acids is 1. The minimum Gasteiger partial charge on any atom is -0.481 e. The molecule has 0 radical (unpaired) electrons. The van der Waals surface area contributed by atoms with Gasteiger partial charge in [-0.25, -0.2) is 0 Å². The fourth-order valence-corrected chi connectivity index (χ4v) is 3.68. The number of aromatic nitrogens is 2. The van der Waals surface area contributed by atoms with Crippen LogP contribution in [0.15, 0.2) is 18.2 Å². The molecule has 2 rings (SSSR count). The molecule has 0 saturated carbocycles. The summed E-state index contributed by atoms with van der Waals surface area (Å²) in [5, 5.41) is 12.6. The molecule has 0 saturated heterocycles. The lowest BCUT2D eigenvalue weighted by atomic mass is 9.84. The van der Waals surface area contributed by atoms with E-state index in [-0.39, 0.29) is 5.13 Å². The molecular formula is C21H29F3N4O2S. The van der Waals surface area contributed by atoms with E-state index in [4.69, 9.17) is 0 Å². The number of halogens is 3. The van der Waals surface area contributed by atoms with Crippen molar-refractivity contribution >= 4 is 34.0 Å². The first-order valence-corrected chi connectivity index (χ1v) is 10.8. The minimum atomic E-state index is -4.63. The smallest absolute Gasteiger partial charge is 0.452 e. The van der Waals surface area contributed by atoms with E-state index in [2.05, 4.69) is 47.3 Å². The van der Waals surface area contributed by atoms with Gasteiger partial charge in [-0.2, -0.15) is 22.5 Å². The van der Waals surface area contributed by atoms with Crippen LogP contribution < -0.4 is 10.2 Å². The number of benzene rings is 1. The molecule has 0 bridgehead atoms. The van der Waals surface area contributed by atoms with Crippen LogP contribution in [0.25, 0.3) is 0 Å². The quantitative estimate of drug-likeness (QED) is 0.496. The fraction of sp³-hybridized carbons (Fsp3) is 0.571. The number of nitrogens with one attached hydrogen (secondary N) is 1. The number of hydrogen-bond acceptors (Lipinski definition) is 6. The van der Waals surface area contributed by atoms with Gasteiger partial charge in [-0.1, -0.05) is 33.8 Å². The highest BCUT2D eigenvalue weighted by Gasteiger charge is 2.36. The summed E-state index contributed by atoms with van der Waals surface area (Å²) in [6.45, 7) is 13.0. The molecule has 6 nitrogen and oxygen atoms in total. The lowest BCUT2D eigenvalue weighted by molar-refractivity contribution is -0.144. The van der Waals surface area contributed by atoms with Crippen molar-refractivity contribution in [3.8, 4) is 0 Å². The molecule has 1 aromatic carbocycles. The van der Waals surface area contributed by atoms with Gasteiger partial charge >= 0.3 is 12.1 Å². The summed E-state index contributed by atoms with van der Waals surface area (Å²) in [4.78, 5) is 17.5. The monoisotopic (exact) mass is 458 g/mol. The second-order valence-corrected chi connectivity index (χ2v) is 9.65. The van der Waals surface area contributed by atoms with Gasteiger partial charge in [0.1, 0.15) is 0 Å². The summed E-state index contributed by atoms with van der Waals surface area (Å²) in [5.74, 6) is -1.51. The Balaban J connectivity index is 2.56. The third kappa shape index (κ3) is 6.32. The molecule has 0 fully saturated rings. The average molecular weight is 459 g/mol. The molecule has 0 amide bonds. The van der Waals surface area contributed by atoms with E-state index in [0.29, 0.717) is 34.6 Å². The van der Waals surface area contributed by atoms with Crippen LogP contribution in [0.4, 0.5) is 29.7 Å². The van der Waals surface area contributed by atoms with Gasteiger partial charge in [0.05, 0.1) is 16.8 Å². The Kier molecular flexibility index (Phi) is 7.57. The van der Waals surface area contributed by atoms with Crippen molar-refractivity contribution in [2.24, 2.45) is 11.8 Å². The van der Waals surface area contributed by atoms with E-state index < -0.39 is 23.4 Å². The zero-order valence-electron chi connectivity index (χ0n) is 18.5. The highest BCUT2D eigenvalue weighted by Crippen LogP contribution is 2.37. The predicted octanol–water partition coefficient (Wildman–Crippen LogP) is 5.78.